The van der Waals surface area contributed by atoms with Crippen LogP contribution in [0.3, 0.4) is 0 Å². The van der Waals surface area contributed by atoms with Gasteiger partial charge in [-0.25, -0.2) is 8.78 Å². The minimum atomic E-state index is -0.553. The van der Waals surface area contributed by atoms with E-state index in [0.717, 1.165) is 31.4 Å². The Balaban J connectivity index is 2.14. The van der Waals surface area contributed by atoms with Crippen LogP contribution in [-0.2, 0) is 0 Å². The highest BCUT2D eigenvalue weighted by molar-refractivity contribution is 6.30. The minimum absolute atomic E-state index is 0.123. The van der Waals surface area contributed by atoms with Crippen LogP contribution in [0.5, 0.6) is 0 Å². The molecule has 1 N–H and O–H groups in total. The molecule has 2 rings (SSSR count). The van der Waals surface area contributed by atoms with E-state index in [1.54, 1.807) is 0 Å². The van der Waals surface area contributed by atoms with E-state index in [4.69, 9.17) is 11.6 Å². The lowest BCUT2D eigenvalue weighted by atomic mass is 9.99. The van der Waals surface area contributed by atoms with Crippen LogP contribution in [0, 0.1) is 17.6 Å². The van der Waals surface area contributed by atoms with Crippen molar-refractivity contribution >= 4 is 11.6 Å². The van der Waals surface area contributed by atoms with Gasteiger partial charge in [0, 0.05) is 11.6 Å². The molecule has 18 heavy (non-hydrogen) atoms. The first-order valence-electron chi connectivity index (χ1n) is 6.49. The topological polar surface area (TPSA) is 12.0 Å². The molecule has 1 atom stereocenters. The first-order chi connectivity index (χ1) is 8.61. The molecule has 4 heteroatoms. The number of rotatable bonds is 6. The van der Waals surface area contributed by atoms with Crippen LogP contribution in [0.4, 0.5) is 8.78 Å². The van der Waals surface area contributed by atoms with E-state index in [9.17, 15) is 8.78 Å². The van der Waals surface area contributed by atoms with Gasteiger partial charge in [-0.1, -0.05) is 31.4 Å². The molecule has 1 aliphatic carbocycles. The van der Waals surface area contributed by atoms with E-state index in [2.05, 4.69) is 5.32 Å². The zero-order valence-electron chi connectivity index (χ0n) is 10.5. The third-order valence-corrected chi connectivity index (χ3v) is 3.72. The van der Waals surface area contributed by atoms with Crippen molar-refractivity contribution in [3.8, 4) is 0 Å². The SMILES string of the molecule is CCNC(CCC1CC1)c1cc(F)c(Cl)cc1F. The van der Waals surface area contributed by atoms with E-state index in [-0.39, 0.29) is 11.1 Å². The molecule has 1 nitrogen and oxygen atoms in total. The van der Waals surface area contributed by atoms with Crippen molar-refractivity contribution < 1.29 is 8.78 Å². The van der Waals surface area contributed by atoms with Crippen molar-refractivity contribution in [2.24, 2.45) is 5.92 Å². The van der Waals surface area contributed by atoms with E-state index >= 15 is 0 Å². The molecule has 0 aliphatic heterocycles. The van der Waals surface area contributed by atoms with Gasteiger partial charge in [0.25, 0.3) is 0 Å². The predicted octanol–water partition coefficient (Wildman–Crippen LogP) is 4.46. The van der Waals surface area contributed by atoms with Crippen molar-refractivity contribution in [1.82, 2.24) is 5.32 Å². The summed E-state index contributed by atoms with van der Waals surface area (Å²) in [5.41, 5.74) is 0.388. The molecule has 1 unspecified atom stereocenters. The molecule has 1 aliphatic rings. The zero-order chi connectivity index (χ0) is 13.1. The maximum Gasteiger partial charge on any atom is 0.142 e. The number of hydrogen-bond donors (Lipinski definition) is 1. The Hall–Kier alpha value is -0.670. The molecule has 1 aromatic rings. The largest absolute Gasteiger partial charge is 0.310 e. The summed E-state index contributed by atoms with van der Waals surface area (Å²) in [5.74, 6) is -0.197. The summed E-state index contributed by atoms with van der Waals surface area (Å²) in [6.07, 6.45) is 4.46. The van der Waals surface area contributed by atoms with Crippen molar-refractivity contribution in [3.63, 3.8) is 0 Å². The van der Waals surface area contributed by atoms with Gasteiger partial charge >= 0.3 is 0 Å². The van der Waals surface area contributed by atoms with Crippen molar-refractivity contribution in [2.45, 2.75) is 38.6 Å². The second-order valence-electron chi connectivity index (χ2n) is 4.92. The van der Waals surface area contributed by atoms with Gasteiger partial charge in [-0.05, 0) is 37.4 Å². The highest BCUT2D eigenvalue weighted by Gasteiger charge is 2.24. The van der Waals surface area contributed by atoms with Gasteiger partial charge in [-0.15, -0.1) is 0 Å². The second kappa shape index (κ2) is 5.98. The lowest BCUT2D eigenvalue weighted by Gasteiger charge is -2.19. The molecule has 1 fully saturated rings. The van der Waals surface area contributed by atoms with E-state index in [1.165, 1.54) is 18.9 Å². The molecule has 100 valence electrons. The van der Waals surface area contributed by atoms with Gasteiger partial charge in [0.1, 0.15) is 11.6 Å². The van der Waals surface area contributed by atoms with Gasteiger partial charge in [-0.3, -0.25) is 0 Å². The summed E-state index contributed by atoms with van der Waals surface area (Å²) in [4.78, 5) is 0. The maximum absolute atomic E-state index is 13.9. The zero-order valence-corrected chi connectivity index (χ0v) is 11.2. The highest BCUT2D eigenvalue weighted by atomic mass is 35.5. The summed E-state index contributed by atoms with van der Waals surface area (Å²) in [5, 5.41) is 3.06. The fourth-order valence-electron chi connectivity index (χ4n) is 2.23. The van der Waals surface area contributed by atoms with Crippen LogP contribution in [0.15, 0.2) is 12.1 Å². The van der Waals surface area contributed by atoms with Crippen molar-refractivity contribution in [1.29, 1.82) is 0 Å². The first kappa shape index (κ1) is 13.8. The molecule has 0 heterocycles. The van der Waals surface area contributed by atoms with E-state index in [0.29, 0.717) is 5.56 Å². The van der Waals surface area contributed by atoms with E-state index in [1.807, 2.05) is 6.92 Å². The van der Waals surface area contributed by atoms with E-state index < -0.39 is 11.6 Å². The van der Waals surface area contributed by atoms with Gasteiger partial charge in [0.2, 0.25) is 0 Å². The Kier molecular flexibility index (Phi) is 4.57. The first-order valence-corrected chi connectivity index (χ1v) is 6.87. The summed E-state index contributed by atoms with van der Waals surface area (Å²) < 4.78 is 27.3. The quantitative estimate of drug-likeness (QED) is 0.755. The van der Waals surface area contributed by atoms with Crippen LogP contribution in [0.2, 0.25) is 5.02 Å². The third-order valence-electron chi connectivity index (χ3n) is 3.43. The standard InChI is InChI=1S/C14H18ClF2N/c1-2-18-14(6-5-9-3-4-9)10-7-13(17)11(15)8-12(10)16/h7-9,14,18H,2-6H2,1H3. The normalized spacial score (nSPS) is 16.9. The van der Waals surface area contributed by atoms with Crippen molar-refractivity contribution in [3.05, 3.63) is 34.4 Å². The predicted molar refractivity (Wildman–Crippen MR) is 69.7 cm³/mol. The molecule has 0 aromatic heterocycles. The molecule has 0 radical (unpaired) electrons. The van der Waals surface area contributed by atoms with Gasteiger partial charge in [0.15, 0.2) is 0 Å². The number of nitrogens with one attached hydrogen (secondary N) is 1. The Bertz CT molecular complexity index is 419. The Morgan fingerprint density at radius 3 is 2.67 bits per heavy atom. The summed E-state index contributed by atoms with van der Waals surface area (Å²) in [6.45, 7) is 2.70. The molecule has 0 bridgehead atoms. The molecule has 0 saturated heterocycles. The fourth-order valence-corrected chi connectivity index (χ4v) is 2.38. The average molecular weight is 274 g/mol. The Morgan fingerprint density at radius 1 is 1.33 bits per heavy atom. The Labute approximate surface area is 112 Å². The monoisotopic (exact) mass is 273 g/mol. The molecule has 1 aromatic carbocycles. The lowest BCUT2D eigenvalue weighted by molar-refractivity contribution is 0.456. The molecule has 1 saturated carbocycles. The maximum atomic E-state index is 13.9. The third kappa shape index (κ3) is 3.42. The van der Waals surface area contributed by atoms with Gasteiger partial charge in [-0.2, -0.15) is 0 Å². The van der Waals surface area contributed by atoms with Gasteiger partial charge < -0.3 is 5.32 Å². The average Bonchev–Trinajstić information content (AvgIpc) is 3.13. The van der Waals surface area contributed by atoms with Crippen LogP contribution >= 0.6 is 11.6 Å². The van der Waals surface area contributed by atoms with Crippen LogP contribution in [-0.4, -0.2) is 6.54 Å². The number of benzene rings is 1. The van der Waals surface area contributed by atoms with Crippen LogP contribution < -0.4 is 5.32 Å². The molecule has 0 amide bonds. The minimum Gasteiger partial charge on any atom is -0.310 e. The Morgan fingerprint density at radius 2 is 2.06 bits per heavy atom. The second-order valence-corrected chi connectivity index (χ2v) is 5.33. The highest BCUT2D eigenvalue weighted by Crippen LogP contribution is 2.36. The van der Waals surface area contributed by atoms with Crippen molar-refractivity contribution in [2.75, 3.05) is 6.54 Å². The lowest BCUT2D eigenvalue weighted by Crippen LogP contribution is -2.22. The molecular formula is C14H18ClF2N. The number of halogens is 3. The summed E-state index contributed by atoms with van der Waals surface area (Å²) in [7, 11) is 0. The summed E-state index contributed by atoms with van der Waals surface area (Å²) >= 11 is 5.57. The smallest absolute Gasteiger partial charge is 0.142 e. The summed E-state index contributed by atoms with van der Waals surface area (Å²) in [6, 6.07) is 2.16. The number of hydrogen-bond acceptors (Lipinski definition) is 1. The van der Waals surface area contributed by atoms with Gasteiger partial charge in [0.05, 0.1) is 5.02 Å². The van der Waals surface area contributed by atoms with Crippen LogP contribution in [0.1, 0.15) is 44.2 Å². The fraction of sp³-hybridized carbons (Fsp3) is 0.571. The molecule has 0 spiro atoms. The molecular weight excluding hydrogens is 256 g/mol. The van der Waals surface area contributed by atoms with Crippen LogP contribution in [0.25, 0.3) is 0 Å².